The largest absolute Gasteiger partial charge is 0.384 e. The number of nitrogens with zero attached hydrogens (tertiary/aromatic N) is 1. The average molecular weight is 349 g/mol. The molecule has 0 spiro atoms. The van der Waals surface area contributed by atoms with E-state index >= 15 is 0 Å². The summed E-state index contributed by atoms with van der Waals surface area (Å²) in [6.07, 6.45) is 8.02. The first-order chi connectivity index (χ1) is 12.0. The maximum absolute atomic E-state index is 12.9. The van der Waals surface area contributed by atoms with Crippen LogP contribution in [0.4, 0.5) is 5.82 Å². The van der Waals surface area contributed by atoms with Gasteiger partial charge in [0.1, 0.15) is 17.9 Å². The first kappa shape index (κ1) is 17.9. The number of carbonyl (C=O) groups is 1. The molecule has 0 bridgehead atoms. The topological polar surface area (TPSA) is 102 Å². The van der Waals surface area contributed by atoms with Gasteiger partial charge in [0.2, 0.25) is 5.78 Å². The monoisotopic (exact) mass is 349 g/mol. The van der Waals surface area contributed by atoms with Crippen LogP contribution in [-0.4, -0.2) is 34.5 Å². The molecule has 0 amide bonds. The van der Waals surface area contributed by atoms with Gasteiger partial charge in [0.25, 0.3) is 5.56 Å². The molecule has 0 aromatic carbocycles. The van der Waals surface area contributed by atoms with E-state index in [-0.39, 0.29) is 17.2 Å². The Bertz CT molecular complexity index is 750. The van der Waals surface area contributed by atoms with Gasteiger partial charge in [-0.3, -0.25) is 19.1 Å². The molecule has 2 aliphatic rings. The van der Waals surface area contributed by atoms with Gasteiger partial charge in [-0.1, -0.05) is 13.3 Å². The fraction of sp³-hybridized carbons (Fsp3) is 0.722. The third-order valence-corrected chi connectivity index (χ3v) is 5.86. The summed E-state index contributed by atoms with van der Waals surface area (Å²) >= 11 is 0. The molecular formula is C18H29N4O3+. The number of rotatable bonds is 5. The zero-order chi connectivity index (χ0) is 18.0. The van der Waals surface area contributed by atoms with Crippen molar-refractivity contribution in [2.45, 2.75) is 64.5 Å². The molecule has 1 saturated carbocycles. The van der Waals surface area contributed by atoms with Gasteiger partial charge in [-0.25, -0.2) is 4.79 Å². The fourth-order valence-electron chi connectivity index (χ4n) is 4.68. The molecule has 1 saturated heterocycles. The Labute approximate surface area is 147 Å². The number of piperidine rings is 1. The van der Waals surface area contributed by atoms with E-state index in [0.29, 0.717) is 31.5 Å². The van der Waals surface area contributed by atoms with Crippen LogP contribution in [0.1, 0.15) is 62.2 Å². The lowest BCUT2D eigenvalue weighted by Gasteiger charge is -2.40. The van der Waals surface area contributed by atoms with Crippen LogP contribution in [0.15, 0.2) is 9.59 Å². The van der Waals surface area contributed by atoms with Crippen molar-refractivity contribution < 1.29 is 9.69 Å². The number of hydrogen-bond acceptors (Lipinski definition) is 4. The van der Waals surface area contributed by atoms with Gasteiger partial charge in [0.15, 0.2) is 0 Å². The normalized spacial score (nSPS) is 26.2. The second-order valence-electron chi connectivity index (χ2n) is 7.47. The van der Waals surface area contributed by atoms with Crippen molar-refractivity contribution in [3.63, 3.8) is 0 Å². The minimum atomic E-state index is -0.656. The van der Waals surface area contributed by atoms with Gasteiger partial charge >= 0.3 is 5.69 Å². The Morgan fingerprint density at radius 3 is 2.72 bits per heavy atom. The van der Waals surface area contributed by atoms with Crippen LogP contribution >= 0.6 is 0 Å². The molecule has 1 aliphatic heterocycles. The van der Waals surface area contributed by atoms with Crippen molar-refractivity contribution >= 4 is 11.6 Å². The van der Waals surface area contributed by atoms with E-state index in [1.165, 1.54) is 35.2 Å². The van der Waals surface area contributed by atoms with Gasteiger partial charge in [-0.05, 0) is 38.5 Å². The van der Waals surface area contributed by atoms with Gasteiger partial charge in [0.05, 0.1) is 12.6 Å². The number of hydrogen-bond donors (Lipinski definition) is 3. The van der Waals surface area contributed by atoms with Crippen LogP contribution in [-0.2, 0) is 6.54 Å². The molecular weight excluding hydrogens is 320 g/mol. The maximum atomic E-state index is 12.9. The van der Waals surface area contributed by atoms with Crippen LogP contribution < -0.4 is 21.9 Å². The molecule has 4 N–H and O–H groups in total. The number of ketones is 1. The highest BCUT2D eigenvalue weighted by molar-refractivity contribution is 6.00. The Morgan fingerprint density at radius 1 is 1.24 bits per heavy atom. The number of aromatic amines is 1. The summed E-state index contributed by atoms with van der Waals surface area (Å²) in [5, 5.41) is 0. The smallest absolute Gasteiger partial charge is 0.329 e. The molecule has 7 nitrogen and oxygen atoms in total. The highest BCUT2D eigenvalue weighted by Crippen LogP contribution is 2.28. The Morgan fingerprint density at radius 2 is 1.96 bits per heavy atom. The molecule has 1 aromatic rings. The van der Waals surface area contributed by atoms with Crippen LogP contribution in [0.3, 0.4) is 0 Å². The van der Waals surface area contributed by atoms with Crippen LogP contribution in [0.25, 0.3) is 0 Å². The molecule has 25 heavy (non-hydrogen) atoms. The number of fused-ring (bicyclic) bond motifs is 1. The minimum Gasteiger partial charge on any atom is -0.384 e. The summed E-state index contributed by atoms with van der Waals surface area (Å²) in [6, 6.07) is 0.522. The van der Waals surface area contributed by atoms with E-state index in [2.05, 4.69) is 4.98 Å². The number of aromatic nitrogens is 2. The quantitative estimate of drug-likeness (QED) is 0.649. The lowest BCUT2D eigenvalue weighted by Crippen LogP contribution is -3.18. The third-order valence-electron chi connectivity index (χ3n) is 5.86. The van der Waals surface area contributed by atoms with Gasteiger partial charge in [-0.15, -0.1) is 0 Å². The highest BCUT2D eigenvalue weighted by atomic mass is 16.2. The third kappa shape index (κ3) is 3.56. The van der Waals surface area contributed by atoms with Gasteiger partial charge in [-0.2, -0.15) is 0 Å². The number of carbonyl (C=O) groups excluding carboxylic acids is 1. The number of nitrogens with one attached hydrogen (secondary N) is 2. The Hall–Kier alpha value is -1.89. The molecule has 1 aromatic heterocycles. The molecule has 138 valence electrons. The van der Waals surface area contributed by atoms with Gasteiger partial charge in [0, 0.05) is 12.5 Å². The maximum Gasteiger partial charge on any atom is 0.329 e. The summed E-state index contributed by atoms with van der Waals surface area (Å²) in [4.78, 5) is 40.5. The molecule has 1 unspecified atom stereocenters. The number of Topliss-reactive ketones (excluding diaryl/α,β-unsaturated/α-hetero) is 1. The van der Waals surface area contributed by atoms with E-state index < -0.39 is 11.2 Å². The SMILES string of the molecule is CCCn1c(N)c(C(=O)C[NH+]2CCC[C@@H]3CCCC[C@@H]32)c(=O)[nH]c1=O. The predicted molar refractivity (Wildman–Crippen MR) is 96.0 cm³/mol. The van der Waals surface area contributed by atoms with Crippen LogP contribution in [0.2, 0.25) is 0 Å². The number of H-pyrrole nitrogens is 1. The fourth-order valence-corrected chi connectivity index (χ4v) is 4.68. The van der Waals surface area contributed by atoms with E-state index in [4.69, 9.17) is 5.73 Å². The first-order valence-electron chi connectivity index (χ1n) is 9.53. The van der Waals surface area contributed by atoms with Crippen molar-refractivity contribution in [2.24, 2.45) is 5.92 Å². The Kier molecular flexibility index (Phi) is 5.42. The number of nitrogen functional groups attached to an aromatic ring is 1. The standard InChI is InChI=1S/C18H28N4O3/c1-2-9-22-16(19)15(17(24)20-18(22)25)14(23)11-21-10-5-7-12-6-3-4-8-13(12)21/h12-13H,2-11,19H2,1H3,(H,20,24,25)/p+1/t12-,13-/m0/s1. The molecule has 7 heteroatoms. The molecule has 2 heterocycles. The number of quaternary nitrogens is 1. The average Bonchev–Trinajstić information content (AvgIpc) is 2.59. The summed E-state index contributed by atoms with van der Waals surface area (Å²) in [6.45, 7) is 3.57. The molecule has 3 atom stereocenters. The summed E-state index contributed by atoms with van der Waals surface area (Å²) in [5.74, 6) is 0.469. The van der Waals surface area contributed by atoms with Crippen molar-refractivity contribution in [1.29, 1.82) is 0 Å². The van der Waals surface area contributed by atoms with Crippen molar-refractivity contribution in [3.05, 3.63) is 26.4 Å². The van der Waals surface area contributed by atoms with Crippen molar-refractivity contribution in [2.75, 3.05) is 18.8 Å². The van der Waals surface area contributed by atoms with Crippen LogP contribution in [0.5, 0.6) is 0 Å². The Balaban J connectivity index is 1.84. The molecule has 0 radical (unpaired) electrons. The van der Waals surface area contributed by atoms with E-state index in [1.807, 2.05) is 6.92 Å². The molecule has 2 fully saturated rings. The van der Waals surface area contributed by atoms with E-state index in [9.17, 15) is 14.4 Å². The summed E-state index contributed by atoms with van der Waals surface area (Å²) < 4.78 is 1.30. The number of anilines is 1. The second kappa shape index (κ2) is 7.56. The highest BCUT2D eigenvalue weighted by Gasteiger charge is 2.38. The van der Waals surface area contributed by atoms with E-state index in [0.717, 1.165) is 19.4 Å². The summed E-state index contributed by atoms with van der Waals surface area (Å²) in [5.41, 5.74) is 4.78. The first-order valence-corrected chi connectivity index (χ1v) is 9.53. The summed E-state index contributed by atoms with van der Waals surface area (Å²) in [7, 11) is 0. The van der Waals surface area contributed by atoms with Crippen molar-refractivity contribution in [1.82, 2.24) is 9.55 Å². The minimum absolute atomic E-state index is 0.0113. The number of nitrogens with two attached hydrogens (primary N) is 1. The zero-order valence-electron chi connectivity index (χ0n) is 15.0. The lowest BCUT2D eigenvalue weighted by molar-refractivity contribution is -0.928. The lowest BCUT2D eigenvalue weighted by atomic mass is 9.78. The number of likely N-dealkylation sites (tertiary alicyclic amines) is 1. The molecule has 3 rings (SSSR count). The second-order valence-corrected chi connectivity index (χ2v) is 7.47. The molecule has 1 aliphatic carbocycles. The van der Waals surface area contributed by atoms with Crippen molar-refractivity contribution in [3.8, 4) is 0 Å². The van der Waals surface area contributed by atoms with Gasteiger partial charge < -0.3 is 10.6 Å². The predicted octanol–water partition coefficient (Wildman–Crippen LogP) is -0.0510. The zero-order valence-corrected chi connectivity index (χ0v) is 15.0. The van der Waals surface area contributed by atoms with E-state index in [1.54, 1.807) is 0 Å². The van der Waals surface area contributed by atoms with Crippen LogP contribution in [0, 0.1) is 5.92 Å².